The zero-order chi connectivity index (χ0) is 14.7. The molecule has 0 saturated carbocycles. The van der Waals surface area contributed by atoms with Crippen LogP contribution in [0.5, 0.6) is 0 Å². The third-order valence-electron chi connectivity index (χ3n) is 1.67. The van der Waals surface area contributed by atoms with E-state index < -0.39 is 30.1 Å². The van der Waals surface area contributed by atoms with Crippen LogP contribution in [-0.4, -0.2) is 52.0 Å². The SMILES string of the molecule is CC(O)C(=O)O.NC(=O)NCCCC(N)C(=O)O. The van der Waals surface area contributed by atoms with Crippen molar-refractivity contribution in [3.63, 3.8) is 0 Å². The number of nitrogens with one attached hydrogen (secondary N) is 1. The van der Waals surface area contributed by atoms with Gasteiger partial charge in [-0.2, -0.15) is 0 Å². The summed E-state index contributed by atoms with van der Waals surface area (Å²) in [5.74, 6) is -2.22. The van der Waals surface area contributed by atoms with Gasteiger partial charge in [-0.3, -0.25) is 4.79 Å². The Labute approximate surface area is 104 Å². The van der Waals surface area contributed by atoms with E-state index >= 15 is 0 Å². The van der Waals surface area contributed by atoms with E-state index in [0.29, 0.717) is 19.4 Å². The fraction of sp³-hybridized carbons (Fsp3) is 0.667. The Balaban J connectivity index is 0. The molecule has 0 bridgehead atoms. The predicted molar refractivity (Wildman–Crippen MR) is 61.7 cm³/mol. The van der Waals surface area contributed by atoms with Gasteiger partial charge in [0.1, 0.15) is 12.1 Å². The van der Waals surface area contributed by atoms with Crippen LogP contribution in [0.2, 0.25) is 0 Å². The van der Waals surface area contributed by atoms with Crippen LogP contribution in [0.3, 0.4) is 0 Å². The summed E-state index contributed by atoms with van der Waals surface area (Å²) in [4.78, 5) is 29.8. The van der Waals surface area contributed by atoms with Gasteiger partial charge in [-0.25, -0.2) is 9.59 Å². The minimum Gasteiger partial charge on any atom is -0.480 e. The van der Waals surface area contributed by atoms with E-state index in [-0.39, 0.29) is 0 Å². The van der Waals surface area contributed by atoms with E-state index in [0.717, 1.165) is 0 Å². The highest BCUT2D eigenvalue weighted by Crippen LogP contribution is 1.92. The van der Waals surface area contributed by atoms with Gasteiger partial charge in [0.25, 0.3) is 0 Å². The first-order chi connectivity index (χ1) is 8.18. The summed E-state index contributed by atoms with van der Waals surface area (Å²) >= 11 is 0. The minimum atomic E-state index is -1.23. The highest BCUT2D eigenvalue weighted by Gasteiger charge is 2.09. The van der Waals surface area contributed by atoms with Crippen molar-refractivity contribution in [3.05, 3.63) is 0 Å². The lowest BCUT2D eigenvalue weighted by Gasteiger charge is -2.05. The van der Waals surface area contributed by atoms with E-state index in [1.54, 1.807) is 0 Å². The number of carbonyl (C=O) groups excluding carboxylic acids is 1. The molecule has 0 aromatic heterocycles. The number of rotatable bonds is 6. The first-order valence-electron chi connectivity index (χ1n) is 5.11. The smallest absolute Gasteiger partial charge is 0.332 e. The van der Waals surface area contributed by atoms with Crippen LogP contribution in [-0.2, 0) is 9.59 Å². The lowest BCUT2D eigenvalue weighted by molar-refractivity contribution is -0.145. The van der Waals surface area contributed by atoms with Gasteiger partial charge in [-0.15, -0.1) is 0 Å². The number of aliphatic hydroxyl groups excluding tert-OH is 1. The number of carboxylic acid groups (broad SMARTS) is 2. The Morgan fingerprint density at radius 1 is 1.22 bits per heavy atom. The Morgan fingerprint density at radius 2 is 1.67 bits per heavy atom. The van der Waals surface area contributed by atoms with Crippen LogP contribution in [0.15, 0.2) is 0 Å². The molecule has 9 nitrogen and oxygen atoms in total. The van der Waals surface area contributed by atoms with Gasteiger partial charge in [0.15, 0.2) is 0 Å². The lowest BCUT2D eigenvalue weighted by Crippen LogP contribution is -2.33. The highest BCUT2D eigenvalue weighted by atomic mass is 16.4. The largest absolute Gasteiger partial charge is 0.480 e. The third kappa shape index (κ3) is 14.1. The molecule has 0 aromatic carbocycles. The fourth-order valence-electron chi connectivity index (χ4n) is 0.657. The second kappa shape index (κ2) is 10.3. The van der Waals surface area contributed by atoms with Crippen LogP contribution < -0.4 is 16.8 Å². The number of nitrogens with two attached hydrogens (primary N) is 2. The number of aliphatic hydroxyl groups is 1. The summed E-state index contributed by atoms with van der Waals surface area (Å²) < 4.78 is 0. The molecule has 0 fully saturated rings. The van der Waals surface area contributed by atoms with Gasteiger partial charge >= 0.3 is 18.0 Å². The van der Waals surface area contributed by atoms with Gasteiger partial charge in [-0.1, -0.05) is 0 Å². The summed E-state index contributed by atoms with van der Waals surface area (Å²) in [6.07, 6.45) is -0.392. The predicted octanol–water partition coefficient (Wildman–Crippen LogP) is -1.70. The van der Waals surface area contributed by atoms with Crippen LogP contribution in [0.4, 0.5) is 4.79 Å². The van der Waals surface area contributed by atoms with E-state index in [1.165, 1.54) is 6.92 Å². The first-order valence-corrected chi connectivity index (χ1v) is 5.11. The Bertz CT molecular complexity index is 281. The molecule has 9 heteroatoms. The molecule has 0 radical (unpaired) electrons. The molecule has 8 N–H and O–H groups in total. The van der Waals surface area contributed by atoms with Crippen LogP contribution >= 0.6 is 0 Å². The molecular weight excluding hydrogens is 246 g/mol. The standard InChI is InChI=1S/C6H13N3O3.C3H6O3/c7-4(5(10)11)2-1-3-9-6(8)12;1-2(4)3(5)6/h4H,1-3,7H2,(H,10,11)(H3,8,9,12);2,4H,1H3,(H,5,6). The summed E-state index contributed by atoms with van der Waals surface area (Å²) in [7, 11) is 0. The van der Waals surface area contributed by atoms with Crippen molar-refractivity contribution in [1.82, 2.24) is 5.32 Å². The average Bonchev–Trinajstić information content (AvgIpc) is 2.24. The molecule has 0 aliphatic carbocycles. The van der Waals surface area contributed by atoms with E-state index in [2.05, 4.69) is 5.32 Å². The van der Waals surface area contributed by atoms with Crippen molar-refractivity contribution in [2.24, 2.45) is 11.5 Å². The molecule has 106 valence electrons. The van der Waals surface area contributed by atoms with Crippen LogP contribution in [0.1, 0.15) is 19.8 Å². The molecule has 2 amide bonds. The molecule has 2 atom stereocenters. The molecule has 0 saturated heterocycles. The van der Waals surface area contributed by atoms with Gasteiger partial charge in [0, 0.05) is 6.54 Å². The molecule has 0 aromatic rings. The maximum atomic E-state index is 10.2. The number of amides is 2. The molecule has 0 rings (SSSR count). The van der Waals surface area contributed by atoms with Crippen molar-refractivity contribution in [3.8, 4) is 0 Å². The molecule has 0 heterocycles. The van der Waals surface area contributed by atoms with Crippen LogP contribution in [0, 0.1) is 0 Å². The van der Waals surface area contributed by atoms with Gasteiger partial charge in [0.05, 0.1) is 0 Å². The Kier molecular flexibility index (Phi) is 10.6. The Morgan fingerprint density at radius 3 is 1.94 bits per heavy atom. The minimum absolute atomic E-state index is 0.329. The average molecular weight is 265 g/mol. The maximum absolute atomic E-state index is 10.2. The van der Waals surface area contributed by atoms with Crippen molar-refractivity contribution in [1.29, 1.82) is 0 Å². The number of carbonyl (C=O) groups is 3. The molecular formula is C9H19N3O6. The number of urea groups is 1. The van der Waals surface area contributed by atoms with Gasteiger partial charge in [-0.05, 0) is 19.8 Å². The monoisotopic (exact) mass is 265 g/mol. The molecule has 0 aliphatic rings. The quantitative estimate of drug-likeness (QED) is 0.310. The number of primary amides is 1. The maximum Gasteiger partial charge on any atom is 0.332 e. The van der Waals surface area contributed by atoms with Crippen molar-refractivity contribution in [2.75, 3.05) is 6.54 Å². The van der Waals surface area contributed by atoms with Gasteiger partial charge in [0.2, 0.25) is 0 Å². The zero-order valence-corrected chi connectivity index (χ0v) is 10.00. The van der Waals surface area contributed by atoms with Gasteiger partial charge < -0.3 is 32.1 Å². The van der Waals surface area contributed by atoms with E-state index in [9.17, 15) is 14.4 Å². The van der Waals surface area contributed by atoms with E-state index in [4.69, 9.17) is 26.8 Å². The van der Waals surface area contributed by atoms with Crippen molar-refractivity contribution < 1.29 is 29.7 Å². The van der Waals surface area contributed by atoms with E-state index in [1.807, 2.05) is 0 Å². The lowest BCUT2D eigenvalue weighted by atomic mass is 10.2. The second-order valence-corrected chi connectivity index (χ2v) is 3.39. The number of hydrogen-bond acceptors (Lipinski definition) is 5. The van der Waals surface area contributed by atoms with Crippen molar-refractivity contribution in [2.45, 2.75) is 31.9 Å². The normalized spacial score (nSPS) is 12.6. The number of aliphatic carboxylic acids is 2. The summed E-state index contributed by atoms with van der Waals surface area (Å²) in [5, 5.41) is 26.5. The van der Waals surface area contributed by atoms with Crippen LogP contribution in [0.25, 0.3) is 0 Å². The molecule has 2 unspecified atom stereocenters. The van der Waals surface area contributed by atoms with Crippen molar-refractivity contribution >= 4 is 18.0 Å². The molecule has 18 heavy (non-hydrogen) atoms. The highest BCUT2D eigenvalue weighted by molar-refractivity contribution is 5.73. The summed E-state index contributed by atoms with van der Waals surface area (Å²) in [6, 6.07) is -1.47. The molecule has 0 aliphatic heterocycles. The summed E-state index contributed by atoms with van der Waals surface area (Å²) in [5.41, 5.74) is 9.96. The molecule has 0 spiro atoms. The topological polar surface area (TPSA) is 176 Å². The first kappa shape index (κ1) is 18.5. The number of carboxylic acids is 2. The number of hydrogen-bond donors (Lipinski definition) is 6. The Hall–Kier alpha value is -1.87. The fourth-order valence-corrected chi connectivity index (χ4v) is 0.657. The second-order valence-electron chi connectivity index (χ2n) is 3.39. The third-order valence-corrected chi connectivity index (χ3v) is 1.67. The summed E-state index contributed by atoms with van der Waals surface area (Å²) in [6.45, 7) is 1.55. The zero-order valence-electron chi connectivity index (χ0n) is 10.00.